The fraction of sp³-hybridized carbons (Fsp3) is 0.308. The first-order chi connectivity index (χ1) is 8.70. The van der Waals surface area contributed by atoms with Gasteiger partial charge in [0.15, 0.2) is 0 Å². The fourth-order valence-corrected chi connectivity index (χ4v) is 2.03. The summed E-state index contributed by atoms with van der Waals surface area (Å²) in [4.78, 5) is 10.3. The summed E-state index contributed by atoms with van der Waals surface area (Å²) in [7, 11) is 0. The third-order valence-corrected chi connectivity index (χ3v) is 2.95. The summed E-state index contributed by atoms with van der Waals surface area (Å²) in [5.74, 6) is 0. The minimum absolute atomic E-state index is 0.0917. The third kappa shape index (κ3) is 2.66. The number of rotatable bonds is 3. The van der Waals surface area contributed by atoms with Gasteiger partial charge >= 0.3 is 0 Å². The van der Waals surface area contributed by atoms with Gasteiger partial charge in [-0.3, -0.25) is 10.1 Å². The van der Waals surface area contributed by atoms with Crippen molar-refractivity contribution in [3.05, 3.63) is 46.0 Å². The van der Waals surface area contributed by atoms with E-state index < -0.39 is 4.92 Å². The molecule has 0 aromatic heterocycles. The van der Waals surface area contributed by atoms with Gasteiger partial charge in [-0.15, -0.1) is 0 Å². The zero-order chi connectivity index (χ0) is 13.0. The first-order valence-electron chi connectivity index (χ1n) is 5.81. The van der Waals surface area contributed by atoms with Crippen molar-refractivity contribution >= 4 is 11.4 Å². The number of benzene rings is 1. The standard InChI is InChI=1S/C13H13N3O2/c14-9-10-6-7-12(8-13(10)16(17)18)15-11-4-2-1-3-5-11/h1-2,6-8,11,15H,3-5H2. The Balaban J connectivity index is 2.19. The van der Waals surface area contributed by atoms with Crippen molar-refractivity contribution in [2.24, 2.45) is 0 Å². The predicted molar refractivity (Wildman–Crippen MR) is 68.2 cm³/mol. The van der Waals surface area contributed by atoms with Crippen LogP contribution in [0.2, 0.25) is 0 Å². The van der Waals surface area contributed by atoms with Crippen LogP contribution in [-0.2, 0) is 0 Å². The third-order valence-electron chi connectivity index (χ3n) is 2.95. The molecule has 1 atom stereocenters. The van der Waals surface area contributed by atoms with Gasteiger partial charge in [-0.25, -0.2) is 0 Å². The van der Waals surface area contributed by atoms with Gasteiger partial charge < -0.3 is 5.32 Å². The van der Waals surface area contributed by atoms with Crippen LogP contribution < -0.4 is 5.32 Å². The van der Waals surface area contributed by atoms with Crippen LogP contribution in [0.25, 0.3) is 0 Å². The van der Waals surface area contributed by atoms with Crippen LogP contribution in [0.15, 0.2) is 30.4 Å². The van der Waals surface area contributed by atoms with E-state index in [0.29, 0.717) is 11.7 Å². The summed E-state index contributed by atoms with van der Waals surface area (Å²) in [5.41, 5.74) is 0.643. The van der Waals surface area contributed by atoms with E-state index in [1.165, 1.54) is 12.1 Å². The summed E-state index contributed by atoms with van der Waals surface area (Å²) >= 11 is 0. The Hall–Kier alpha value is -2.35. The first kappa shape index (κ1) is 12.1. The minimum atomic E-state index is -0.523. The Labute approximate surface area is 105 Å². The molecule has 0 fully saturated rings. The van der Waals surface area contributed by atoms with E-state index in [0.717, 1.165) is 19.3 Å². The molecule has 1 aromatic carbocycles. The van der Waals surface area contributed by atoms with Crippen molar-refractivity contribution in [2.75, 3.05) is 5.32 Å². The topological polar surface area (TPSA) is 79.0 Å². The molecule has 92 valence electrons. The first-order valence-corrected chi connectivity index (χ1v) is 5.81. The Bertz CT molecular complexity index is 532. The summed E-state index contributed by atoms with van der Waals surface area (Å²) in [6, 6.07) is 6.76. The molecule has 0 heterocycles. The molecule has 1 aliphatic rings. The van der Waals surface area contributed by atoms with Gasteiger partial charge in [0.1, 0.15) is 11.6 Å². The maximum atomic E-state index is 10.8. The number of nitriles is 1. The van der Waals surface area contributed by atoms with Crippen LogP contribution >= 0.6 is 0 Å². The molecule has 0 aliphatic heterocycles. The highest BCUT2D eigenvalue weighted by Gasteiger charge is 2.16. The number of nitro benzene ring substituents is 1. The number of nitro groups is 1. The molecular formula is C13H13N3O2. The summed E-state index contributed by atoms with van der Waals surface area (Å²) in [6.07, 6.45) is 7.22. The Morgan fingerprint density at radius 2 is 2.28 bits per heavy atom. The molecule has 1 aromatic rings. The lowest BCUT2D eigenvalue weighted by molar-refractivity contribution is -0.385. The Morgan fingerprint density at radius 1 is 1.44 bits per heavy atom. The molecule has 0 spiro atoms. The van der Waals surface area contributed by atoms with E-state index in [4.69, 9.17) is 5.26 Å². The molecule has 1 unspecified atom stereocenters. The zero-order valence-corrected chi connectivity index (χ0v) is 9.80. The lowest BCUT2D eigenvalue weighted by atomic mass is 10.0. The molecule has 0 saturated carbocycles. The predicted octanol–water partition coefficient (Wildman–Crippen LogP) is 2.99. The normalized spacial score (nSPS) is 18.1. The monoisotopic (exact) mass is 243 g/mol. The molecule has 1 aliphatic carbocycles. The van der Waals surface area contributed by atoms with E-state index in [9.17, 15) is 10.1 Å². The van der Waals surface area contributed by atoms with Crippen molar-refractivity contribution in [1.82, 2.24) is 0 Å². The molecule has 18 heavy (non-hydrogen) atoms. The average Bonchev–Trinajstić information content (AvgIpc) is 2.40. The maximum absolute atomic E-state index is 10.8. The SMILES string of the molecule is N#Cc1ccc(NC2CC=CCC2)cc1[N+](=O)[O-]. The molecular weight excluding hydrogens is 230 g/mol. The maximum Gasteiger partial charge on any atom is 0.289 e. The second-order valence-corrected chi connectivity index (χ2v) is 4.23. The van der Waals surface area contributed by atoms with Gasteiger partial charge in [0.05, 0.1) is 4.92 Å². The highest BCUT2D eigenvalue weighted by Crippen LogP contribution is 2.24. The second-order valence-electron chi connectivity index (χ2n) is 4.23. The van der Waals surface area contributed by atoms with E-state index in [2.05, 4.69) is 17.5 Å². The lowest BCUT2D eigenvalue weighted by Crippen LogP contribution is -2.20. The highest BCUT2D eigenvalue weighted by atomic mass is 16.6. The van der Waals surface area contributed by atoms with Crippen LogP contribution in [-0.4, -0.2) is 11.0 Å². The number of hydrogen-bond acceptors (Lipinski definition) is 4. The Kier molecular flexibility index (Phi) is 3.58. The number of nitrogens with zero attached hydrogens (tertiary/aromatic N) is 2. The quantitative estimate of drug-likeness (QED) is 0.502. The molecule has 0 radical (unpaired) electrons. The minimum Gasteiger partial charge on any atom is -0.382 e. The van der Waals surface area contributed by atoms with Crippen molar-refractivity contribution in [3.8, 4) is 6.07 Å². The molecule has 2 rings (SSSR count). The van der Waals surface area contributed by atoms with E-state index in [-0.39, 0.29) is 11.3 Å². The van der Waals surface area contributed by atoms with Gasteiger partial charge in [-0.05, 0) is 31.4 Å². The summed E-state index contributed by atoms with van der Waals surface area (Å²) < 4.78 is 0. The van der Waals surface area contributed by atoms with Crippen LogP contribution in [0.5, 0.6) is 0 Å². The van der Waals surface area contributed by atoms with Gasteiger partial charge in [-0.1, -0.05) is 12.2 Å². The largest absolute Gasteiger partial charge is 0.382 e. The zero-order valence-electron chi connectivity index (χ0n) is 9.80. The molecule has 0 bridgehead atoms. The average molecular weight is 243 g/mol. The van der Waals surface area contributed by atoms with Gasteiger partial charge in [0.25, 0.3) is 5.69 Å². The Morgan fingerprint density at radius 3 is 2.89 bits per heavy atom. The number of nitrogens with one attached hydrogen (secondary N) is 1. The number of anilines is 1. The smallest absolute Gasteiger partial charge is 0.289 e. The van der Waals surface area contributed by atoms with Gasteiger partial charge in [0, 0.05) is 17.8 Å². The molecule has 1 N–H and O–H groups in total. The van der Waals surface area contributed by atoms with Gasteiger partial charge in [0.2, 0.25) is 0 Å². The molecule has 5 nitrogen and oxygen atoms in total. The number of hydrogen-bond donors (Lipinski definition) is 1. The van der Waals surface area contributed by atoms with Crippen molar-refractivity contribution in [2.45, 2.75) is 25.3 Å². The van der Waals surface area contributed by atoms with Crippen LogP contribution in [0.4, 0.5) is 11.4 Å². The van der Waals surface area contributed by atoms with Gasteiger partial charge in [-0.2, -0.15) is 5.26 Å². The van der Waals surface area contributed by atoms with Crippen LogP contribution in [0, 0.1) is 21.4 Å². The fourth-order valence-electron chi connectivity index (χ4n) is 2.03. The highest BCUT2D eigenvalue weighted by molar-refractivity contribution is 5.59. The van der Waals surface area contributed by atoms with E-state index in [1.54, 1.807) is 6.07 Å². The summed E-state index contributed by atoms with van der Waals surface area (Å²) in [6.45, 7) is 0. The van der Waals surface area contributed by atoms with Crippen molar-refractivity contribution in [3.63, 3.8) is 0 Å². The van der Waals surface area contributed by atoms with E-state index in [1.807, 2.05) is 6.07 Å². The van der Waals surface area contributed by atoms with Crippen LogP contribution in [0.1, 0.15) is 24.8 Å². The van der Waals surface area contributed by atoms with Crippen molar-refractivity contribution in [1.29, 1.82) is 5.26 Å². The number of allylic oxidation sites excluding steroid dienone is 1. The van der Waals surface area contributed by atoms with E-state index >= 15 is 0 Å². The molecule has 5 heteroatoms. The second kappa shape index (κ2) is 5.32. The summed E-state index contributed by atoms with van der Waals surface area (Å²) in [5, 5.41) is 22.9. The molecule has 0 amide bonds. The lowest BCUT2D eigenvalue weighted by Gasteiger charge is -2.20. The molecule has 0 saturated heterocycles. The van der Waals surface area contributed by atoms with Crippen LogP contribution in [0.3, 0.4) is 0 Å². The van der Waals surface area contributed by atoms with Crippen molar-refractivity contribution < 1.29 is 4.92 Å².